The van der Waals surface area contributed by atoms with Gasteiger partial charge in [-0.2, -0.15) is 5.26 Å². The Bertz CT molecular complexity index is 933. The maximum Gasteiger partial charge on any atom is 0.407 e. The molecule has 2 rings (SSSR count). The summed E-state index contributed by atoms with van der Waals surface area (Å²) in [5.41, 5.74) is 2.98. The standard InChI is InChI=1S/C26H38ClN5O4/c1-4-5-6-7-8-12-22(24(34)31-32(18-28)16-19-13-14-29-23(19)33)30-25(35)36-17-26(2,3)20-10-9-11-21(27)15-20/h9-11,15,19,22H,4-8,12-14,16-17H2,1-3H3,(H,29,33)(H,30,35)(H,31,34). The average Bonchev–Trinajstić information content (AvgIpc) is 3.25. The van der Waals surface area contributed by atoms with Crippen LogP contribution >= 0.6 is 11.6 Å². The van der Waals surface area contributed by atoms with Crippen LogP contribution in [-0.4, -0.2) is 48.7 Å². The van der Waals surface area contributed by atoms with Crippen molar-refractivity contribution < 1.29 is 19.1 Å². The maximum absolute atomic E-state index is 13.0. The summed E-state index contributed by atoms with van der Waals surface area (Å²) in [5.74, 6) is -1.03. The first kappa shape index (κ1) is 29.2. The number of halogens is 1. The van der Waals surface area contributed by atoms with Gasteiger partial charge in [0.15, 0.2) is 6.19 Å². The van der Waals surface area contributed by atoms with E-state index in [1.807, 2.05) is 38.2 Å². The molecule has 0 bridgehead atoms. The summed E-state index contributed by atoms with van der Waals surface area (Å²) in [6, 6.07) is 6.50. The van der Waals surface area contributed by atoms with Crippen LogP contribution in [0.5, 0.6) is 0 Å². The second-order valence-corrected chi connectivity index (χ2v) is 10.3. The smallest absolute Gasteiger partial charge is 0.407 e. The van der Waals surface area contributed by atoms with E-state index in [-0.39, 0.29) is 25.0 Å². The van der Waals surface area contributed by atoms with Gasteiger partial charge in [0.2, 0.25) is 5.91 Å². The zero-order chi connectivity index (χ0) is 26.6. The number of nitrogens with one attached hydrogen (secondary N) is 3. The van der Waals surface area contributed by atoms with E-state index >= 15 is 0 Å². The molecule has 198 valence electrons. The fourth-order valence-corrected chi connectivity index (χ4v) is 4.20. The minimum Gasteiger partial charge on any atom is -0.449 e. The number of rotatable bonds is 14. The molecule has 1 fully saturated rings. The lowest BCUT2D eigenvalue weighted by molar-refractivity contribution is -0.128. The third-order valence-corrected chi connectivity index (χ3v) is 6.54. The van der Waals surface area contributed by atoms with Crippen molar-refractivity contribution in [2.45, 2.75) is 77.2 Å². The lowest BCUT2D eigenvalue weighted by atomic mass is 9.86. The Kier molecular flexibility index (Phi) is 11.8. The Morgan fingerprint density at radius 3 is 2.69 bits per heavy atom. The fraction of sp³-hybridized carbons (Fsp3) is 0.615. The Hall–Kier alpha value is -2.99. The number of nitrogens with zero attached hydrogens (tertiary/aromatic N) is 2. The van der Waals surface area contributed by atoms with Crippen molar-refractivity contribution in [2.24, 2.45) is 5.92 Å². The number of carbonyl (C=O) groups excluding carboxylic acids is 3. The molecular weight excluding hydrogens is 482 g/mol. The number of amides is 3. The van der Waals surface area contributed by atoms with Crippen molar-refractivity contribution in [1.82, 2.24) is 21.1 Å². The normalized spacial score (nSPS) is 16.0. The number of carbonyl (C=O) groups is 3. The SMILES string of the molecule is CCCCCCCC(NC(=O)OCC(C)(C)c1cccc(Cl)c1)C(=O)NN(C#N)CC1CCNC1=O. The van der Waals surface area contributed by atoms with Crippen molar-refractivity contribution >= 4 is 29.5 Å². The molecule has 1 saturated heterocycles. The molecule has 2 atom stereocenters. The summed E-state index contributed by atoms with van der Waals surface area (Å²) in [4.78, 5) is 37.5. The van der Waals surface area contributed by atoms with Gasteiger partial charge in [-0.15, -0.1) is 0 Å². The quantitative estimate of drug-likeness (QED) is 0.147. The van der Waals surface area contributed by atoms with Crippen LogP contribution in [0.15, 0.2) is 24.3 Å². The summed E-state index contributed by atoms with van der Waals surface area (Å²) >= 11 is 6.10. The van der Waals surface area contributed by atoms with E-state index in [0.717, 1.165) is 42.7 Å². The molecule has 1 aliphatic rings. The molecule has 36 heavy (non-hydrogen) atoms. The van der Waals surface area contributed by atoms with Gasteiger partial charge in [-0.1, -0.05) is 76.6 Å². The molecule has 1 aromatic carbocycles. The lowest BCUT2D eigenvalue weighted by Gasteiger charge is -2.26. The van der Waals surface area contributed by atoms with Crippen LogP contribution < -0.4 is 16.1 Å². The molecule has 0 saturated carbocycles. The fourth-order valence-electron chi connectivity index (χ4n) is 4.01. The van der Waals surface area contributed by atoms with E-state index in [2.05, 4.69) is 23.0 Å². The summed E-state index contributed by atoms with van der Waals surface area (Å²) < 4.78 is 5.47. The van der Waals surface area contributed by atoms with Crippen LogP contribution in [-0.2, 0) is 19.7 Å². The molecule has 1 aliphatic heterocycles. The summed E-state index contributed by atoms with van der Waals surface area (Å²) in [6.07, 6.45) is 7.13. The monoisotopic (exact) mass is 519 g/mol. The molecule has 10 heteroatoms. The predicted molar refractivity (Wildman–Crippen MR) is 138 cm³/mol. The van der Waals surface area contributed by atoms with Gasteiger partial charge in [0.05, 0.1) is 12.5 Å². The maximum atomic E-state index is 13.0. The Balaban J connectivity index is 1.97. The molecule has 0 aromatic heterocycles. The second kappa shape index (κ2) is 14.5. The van der Waals surface area contributed by atoms with Crippen molar-refractivity contribution in [3.63, 3.8) is 0 Å². The molecule has 0 radical (unpaired) electrons. The van der Waals surface area contributed by atoms with E-state index in [1.165, 1.54) is 0 Å². The van der Waals surface area contributed by atoms with Gasteiger partial charge in [-0.05, 0) is 30.5 Å². The van der Waals surface area contributed by atoms with Gasteiger partial charge in [-0.3, -0.25) is 15.0 Å². The highest BCUT2D eigenvalue weighted by atomic mass is 35.5. The van der Waals surface area contributed by atoms with Crippen molar-refractivity contribution in [1.29, 1.82) is 5.26 Å². The number of nitriles is 1. The van der Waals surface area contributed by atoms with Gasteiger partial charge in [-0.25, -0.2) is 9.80 Å². The topological polar surface area (TPSA) is 124 Å². The molecule has 3 amide bonds. The van der Waals surface area contributed by atoms with Gasteiger partial charge in [0.25, 0.3) is 5.91 Å². The zero-order valence-electron chi connectivity index (χ0n) is 21.4. The third-order valence-electron chi connectivity index (χ3n) is 6.31. The molecule has 3 N–H and O–H groups in total. The molecule has 0 spiro atoms. The molecule has 2 unspecified atom stereocenters. The summed E-state index contributed by atoms with van der Waals surface area (Å²) in [6.45, 7) is 6.72. The minimum absolute atomic E-state index is 0.0789. The zero-order valence-corrected chi connectivity index (χ0v) is 22.2. The third kappa shape index (κ3) is 9.57. The number of ether oxygens (including phenoxy) is 1. The molecular formula is C26H38ClN5O4. The Labute approximate surface area is 218 Å². The van der Waals surface area contributed by atoms with Crippen LogP contribution in [0.25, 0.3) is 0 Å². The number of hydrogen-bond acceptors (Lipinski definition) is 6. The largest absolute Gasteiger partial charge is 0.449 e. The highest BCUT2D eigenvalue weighted by Crippen LogP contribution is 2.26. The van der Waals surface area contributed by atoms with Crippen LogP contribution in [0, 0.1) is 17.4 Å². The first-order valence-electron chi connectivity index (χ1n) is 12.6. The van der Waals surface area contributed by atoms with E-state index in [0.29, 0.717) is 24.4 Å². The summed E-state index contributed by atoms with van der Waals surface area (Å²) in [7, 11) is 0. The minimum atomic E-state index is -0.873. The molecule has 1 heterocycles. The van der Waals surface area contributed by atoms with E-state index in [4.69, 9.17) is 16.3 Å². The van der Waals surface area contributed by atoms with Gasteiger partial charge in [0.1, 0.15) is 12.6 Å². The number of hydrogen-bond donors (Lipinski definition) is 3. The highest BCUT2D eigenvalue weighted by Gasteiger charge is 2.29. The Morgan fingerprint density at radius 2 is 2.06 bits per heavy atom. The number of unbranched alkanes of at least 4 members (excludes halogenated alkanes) is 4. The van der Waals surface area contributed by atoms with Crippen molar-refractivity contribution in [2.75, 3.05) is 19.7 Å². The predicted octanol–water partition coefficient (Wildman–Crippen LogP) is 4.02. The van der Waals surface area contributed by atoms with Crippen LogP contribution in [0.2, 0.25) is 5.02 Å². The van der Waals surface area contributed by atoms with Gasteiger partial charge >= 0.3 is 6.09 Å². The number of alkyl carbamates (subject to hydrolysis) is 1. The van der Waals surface area contributed by atoms with Gasteiger partial charge in [0, 0.05) is 17.0 Å². The number of benzene rings is 1. The van der Waals surface area contributed by atoms with E-state index in [1.54, 1.807) is 6.07 Å². The average molecular weight is 520 g/mol. The van der Waals surface area contributed by atoms with Crippen molar-refractivity contribution in [3.05, 3.63) is 34.9 Å². The summed E-state index contributed by atoms with van der Waals surface area (Å²) in [5, 5.41) is 16.5. The van der Waals surface area contributed by atoms with E-state index < -0.39 is 23.5 Å². The lowest BCUT2D eigenvalue weighted by Crippen LogP contribution is -2.52. The highest BCUT2D eigenvalue weighted by molar-refractivity contribution is 6.30. The molecule has 0 aliphatic carbocycles. The van der Waals surface area contributed by atoms with Crippen molar-refractivity contribution in [3.8, 4) is 6.19 Å². The van der Waals surface area contributed by atoms with E-state index in [9.17, 15) is 19.6 Å². The first-order valence-corrected chi connectivity index (χ1v) is 13.0. The van der Waals surface area contributed by atoms with Crippen LogP contribution in [0.1, 0.15) is 71.3 Å². The number of hydrazine groups is 1. The van der Waals surface area contributed by atoms with Crippen LogP contribution in [0.4, 0.5) is 4.79 Å². The van der Waals surface area contributed by atoms with Crippen LogP contribution in [0.3, 0.4) is 0 Å². The second-order valence-electron chi connectivity index (χ2n) is 9.83. The Morgan fingerprint density at radius 1 is 1.31 bits per heavy atom. The van der Waals surface area contributed by atoms with Gasteiger partial charge < -0.3 is 15.4 Å². The molecule has 1 aromatic rings. The molecule has 9 nitrogen and oxygen atoms in total. The first-order chi connectivity index (χ1) is 17.2.